The van der Waals surface area contributed by atoms with E-state index >= 15 is 0 Å². The fourth-order valence-electron chi connectivity index (χ4n) is 3.70. The van der Waals surface area contributed by atoms with E-state index in [2.05, 4.69) is 5.32 Å². The molecule has 0 spiro atoms. The molecule has 1 saturated heterocycles. The molecule has 174 valence electrons. The molecule has 0 aromatic heterocycles. The number of carbonyl (C=O) groups is 3. The molecular formula is C25H21F2N3O4. The zero-order chi connectivity index (χ0) is 24.2. The topological polar surface area (TPSA) is 79.0 Å². The summed E-state index contributed by atoms with van der Waals surface area (Å²) in [5.74, 6) is -1.46. The van der Waals surface area contributed by atoms with E-state index in [9.17, 15) is 23.2 Å². The number of halogens is 2. The van der Waals surface area contributed by atoms with Gasteiger partial charge in [0.25, 0.3) is 5.91 Å². The number of carbonyl (C=O) groups excluding carboxylic acids is 3. The maximum Gasteiger partial charge on any atom is 0.322 e. The lowest BCUT2D eigenvalue weighted by molar-refractivity contribution is -0.122. The predicted octanol–water partition coefficient (Wildman–Crippen LogP) is 4.34. The van der Waals surface area contributed by atoms with Gasteiger partial charge in [-0.3, -0.25) is 9.59 Å². The second kappa shape index (κ2) is 9.70. The molecular weight excluding hydrogens is 444 g/mol. The Hall–Kier alpha value is -4.27. The summed E-state index contributed by atoms with van der Waals surface area (Å²) in [6, 6.07) is 15.4. The van der Waals surface area contributed by atoms with Crippen LogP contribution in [0.5, 0.6) is 5.75 Å². The Morgan fingerprint density at radius 1 is 0.971 bits per heavy atom. The van der Waals surface area contributed by atoms with E-state index in [1.165, 1.54) is 48.4 Å². The molecule has 34 heavy (non-hydrogen) atoms. The number of nitrogens with zero attached hydrogens (tertiary/aromatic N) is 2. The largest absolute Gasteiger partial charge is 0.497 e. The Morgan fingerprint density at radius 2 is 1.56 bits per heavy atom. The quantitative estimate of drug-likeness (QED) is 0.550. The highest BCUT2D eigenvalue weighted by Gasteiger charge is 2.44. The van der Waals surface area contributed by atoms with Crippen LogP contribution in [0.3, 0.4) is 0 Å². The van der Waals surface area contributed by atoms with Crippen LogP contribution >= 0.6 is 0 Å². The lowest BCUT2D eigenvalue weighted by Gasteiger charge is -2.28. The van der Waals surface area contributed by atoms with Gasteiger partial charge in [-0.05, 0) is 66.2 Å². The number of nitrogens with one attached hydrogen (secondary N) is 1. The number of imide groups is 1. The van der Waals surface area contributed by atoms with E-state index in [4.69, 9.17) is 4.74 Å². The molecule has 9 heteroatoms. The first kappa shape index (κ1) is 22.9. The van der Waals surface area contributed by atoms with Gasteiger partial charge in [-0.1, -0.05) is 12.1 Å². The summed E-state index contributed by atoms with van der Waals surface area (Å²) in [6.45, 7) is -0.0385. The Bertz CT molecular complexity index is 1200. The van der Waals surface area contributed by atoms with Crippen LogP contribution in [0, 0.1) is 11.6 Å². The molecule has 1 heterocycles. The molecule has 0 bridgehead atoms. The fraction of sp³-hybridized carbons (Fsp3) is 0.160. The third-order valence-electron chi connectivity index (χ3n) is 5.45. The van der Waals surface area contributed by atoms with Gasteiger partial charge in [-0.2, -0.15) is 0 Å². The Kier molecular flexibility index (Phi) is 6.53. The van der Waals surface area contributed by atoms with E-state index in [1.807, 2.05) is 0 Å². The van der Waals surface area contributed by atoms with Gasteiger partial charge in [-0.15, -0.1) is 0 Å². The van der Waals surface area contributed by atoms with E-state index in [0.717, 1.165) is 17.0 Å². The van der Waals surface area contributed by atoms with E-state index in [0.29, 0.717) is 17.0 Å². The van der Waals surface area contributed by atoms with E-state index < -0.39 is 35.5 Å². The molecule has 1 aliphatic heterocycles. The first-order chi connectivity index (χ1) is 16.4. The van der Waals surface area contributed by atoms with Crippen LogP contribution in [0.15, 0.2) is 72.8 Å². The maximum atomic E-state index is 13.4. The number of rotatable bonds is 6. The highest BCUT2D eigenvalue weighted by Crippen LogP contribution is 2.28. The van der Waals surface area contributed by atoms with Crippen molar-refractivity contribution in [2.24, 2.45) is 0 Å². The molecule has 4 amide bonds. The minimum atomic E-state index is -1.10. The molecule has 7 nitrogen and oxygen atoms in total. The van der Waals surface area contributed by atoms with Gasteiger partial charge in [0.05, 0.1) is 19.2 Å². The van der Waals surface area contributed by atoms with Crippen molar-refractivity contribution >= 4 is 29.2 Å². The van der Waals surface area contributed by atoms with Crippen molar-refractivity contribution < 1.29 is 27.9 Å². The minimum absolute atomic E-state index is 0.0385. The van der Waals surface area contributed by atoms with Crippen molar-refractivity contribution in [2.75, 3.05) is 17.3 Å². The number of urea groups is 1. The van der Waals surface area contributed by atoms with Gasteiger partial charge in [0, 0.05) is 12.2 Å². The van der Waals surface area contributed by atoms with Crippen LogP contribution in [0.1, 0.15) is 12.0 Å². The summed E-state index contributed by atoms with van der Waals surface area (Å²) in [5, 5.41) is 2.73. The summed E-state index contributed by atoms with van der Waals surface area (Å²) in [6.07, 6.45) is -0.243. The zero-order valence-corrected chi connectivity index (χ0v) is 18.2. The zero-order valence-electron chi connectivity index (χ0n) is 18.2. The summed E-state index contributed by atoms with van der Waals surface area (Å²) >= 11 is 0. The van der Waals surface area contributed by atoms with Gasteiger partial charge < -0.3 is 15.0 Å². The summed E-state index contributed by atoms with van der Waals surface area (Å²) in [4.78, 5) is 41.4. The van der Waals surface area contributed by atoms with Crippen LogP contribution < -0.4 is 15.0 Å². The molecule has 1 atom stereocenters. The third kappa shape index (κ3) is 4.88. The average molecular weight is 465 g/mol. The van der Waals surface area contributed by atoms with Crippen molar-refractivity contribution in [2.45, 2.75) is 19.0 Å². The van der Waals surface area contributed by atoms with Crippen molar-refractivity contribution in [3.8, 4) is 5.75 Å². The van der Waals surface area contributed by atoms with E-state index in [-0.39, 0.29) is 18.7 Å². The van der Waals surface area contributed by atoms with Crippen molar-refractivity contribution in [3.05, 3.63) is 90.0 Å². The second-order valence-electron chi connectivity index (χ2n) is 7.68. The number of ether oxygens (including phenoxy) is 1. The van der Waals surface area contributed by atoms with Crippen LogP contribution in [-0.4, -0.2) is 35.9 Å². The van der Waals surface area contributed by atoms with Crippen LogP contribution in [0.4, 0.5) is 25.0 Å². The molecule has 1 aliphatic rings. The third-order valence-corrected chi connectivity index (χ3v) is 5.45. The summed E-state index contributed by atoms with van der Waals surface area (Å²) in [7, 11) is 1.52. The van der Waals surface area contributed by atoms with Gasteiger partial charge in [0.15, 0.2) is 0 Å². The number of methoxy groups -OCH3 is 1. The molecule has 3 aromatic carbocycles. The standard InChI is InChI=1S/C25H21F2N3O4/c1-34-21-12-8-19(9-13-21)28-25(33)29(15-16-2-4-17(26)5-3-16)22-14-23(31)30(24(22)32)20-10-6-18(27)7-11-20/h2-13,22H,14-15H2,1H3,(H,28,33)/t22-/m1/s1. The highest BCUT2D eigenvalue weighted by molar-refractivity contribution is 6.23. The lowest BCUT2D eigenvalue weighted by atomic mass is 10.1. The molecule has 0 radical (unpaired) electrons. The second-order valence-corrected chi connectivity index (χ2v) is 7.68. The smallest absolute Gasteiger partial charge is 0.322 e. The molecule has 0 aliphatic carbocycles. The van der Waals surface area contributed by atoms with Crippen LogP contribution in [-0.2, 0) is 16.1 Å². The molecule has 1 fully saturated rings. The normalized spacial score (nSPS) is 15.4. The fourth-order valence-corrected chi connectivity index (χ4v) is 3.70. The average Bonchev–Trinajstić information content (AvgIpc) is 3.13. The SMILES string of the molecule is COc1ccc(NC(=O)N(Cc2ccc(F)cc2)[C@@H]2CC(=O)N(c3ccc(F)cc3)C2=O)cc1. The summed E-state index contributed by atoms with van der Waals surface area (Å²) < 4.78 is 31.8. The Labute approximate surface area is 194 Å². The summed E-state index contributed by atoms with van der Waals surface area (Å²) in [5.41, 5.74) is 1.25. The van der Waals surface area contributed by atoms with Crippen LogP contribution in [0.2, 0.25) is 0 Å². The van der Waals surface area contributed by atoms with Gasteiger partial charge in [0.1, 0.15) is 23.4 Å². The van der Waals surface area contributed by atoms with Gasteiger partial charge >= 0.3 is 6.03 Å². The molecule has 0 saturated carbocycles. The first-order valence-electron chi connectivity index (χ1n) is 10.4. The number of amides is 4. The molecule has 3 aromatic rings. The van der Waals surface area contributed by atoms with Gasteiger partial charge in [-0.25, -0.2) is 18.5 Å². The number of anilines is 2. The predicted molar refractivity (Wildman–Crippen MR) is 121 cm³/mol. The Balaban J connectivity index is 1.61. The van der Waals surface area contributed by atoms with Gasteiger partial charge in [0.2, 0.25) is 5.91 Å². The molecule has 0 unspecified atom stereocenters. The number of hydrogen-bond donors (Lipinski definition) is 1. The van der Waals surface area contributed by atoms with E-state index in [1.54, 1.807) is 24.3 Å². The lowest BCUT2D eigenvalue weighted by Crippen LogP contribution is -2.46. The Morgan fingerprint density at radius 3 is 2.15 bits per heavy atom. The minimum Gasteiger partial charge on any atom is -0.497 e. The number of hydrogen-bond acceptors (Lipinski definition) is 4. The van der Waals surface area contributed by atoms with Crippen LogP contribution in [0.25, 0.3) is 0 Å². The highest BCUT2D eigenvalue weighted by atomic mass is 19.1. The maximum absolute atomic E-state index is 13.4. The van der Waals surface area contributed by atoms with Crippen molar-refractivity contribution in [3.63, 3.8) is 0 Å². The molecule has 4 rings (SSSR count). The van der Waals surface area contributed by atoms with Crippen molar-refractivity contribution in [1.82, 2.24) is 4.90 Å². The monoisotopic (exact) mass is 465 g/mol. The molecule has 1 N–H and O–H groups in total. The first-order valence-corrected chi connectivity index (χ1v) is 10.4. The number of benzene rings is 3. The van der Waals surface area contributed by atoms with Crippen molar-refractivity contribution in [1.29, 1.82) is 0 Å².